The summed E-state index contributed by atoms with van der Waals surface area (Å²) in [5.41, 5.74) is 14.1. The summed E-state index contributed by atoms with van der Waals surface area (Å²) in [5, 5.41) is 25.5. The number of methoxy groups -OCH3 is 2. The van der Waals surface area contributed by atoms with Crippen molar-refractivity contribution in [3.63, 3.8) is 0 Å². The van der Waals surface area contributed by atoms with Gasteiger partial charge in [-0.2, -0.15) is 15.0 Å². The molecule has 0 aliphatic heterocycles. The zero-order valence-electron chi connectivity index (χ0n) is 33.9. The van der Waals surface area contributed by atoms with Gasteiger partial charge in [-0.1, -0.05) is 78.0 Å². The topological polar surface area (TPSA) is 89.7 Å². The number of ether oxygens (including phenoxy) is 2. The molecular formula is C50H42N8O2. The summed E-state index contributed by atoms with van der Waals surface area (Å²) in [5.74, 6) is 1.61. The molecule has 0 saturated heterocycles. The van der Waals surface area contributed by atoms with Gasteiger partial charge in [0.2, 0.25) is 0 Å². The van der Waals surface area contributed by atoms with E-state index in [1.54, 1.807) is 14.2 Å². The highest BCUT2D eigenvalue weighted by atomic mass is 16.5. The van der Waals surface area contributed by atoms with Crippen LogP contribution in [0.25, 0.3) is 87.9 Å². The molecule has 0 aliphatic rings. The summed E-state index contributed by atoms with van der Waals surface area (Å²) in [6.45, 7) is 7.11. The van der Waals surface area contributed by atoms with Gasteiger partial charge in [-0.3, -0.25) is 0 Å². The highest BCUT2D eigenvalue weighted by molar-refractivity contribution is 6.19. The van der Waals surface area contributed by atoms with Crippen molar-refractivity contribution in [2.45, 2.75) is 40.0 Å². The molecule has 0 bridgehead atoms. The minimum Gasteiger partial charge on any atom is -0.497 e. The third-order valence-electron chi connectivity index (χ3n) is 12.1. The summed E-state index contributed by atoms with van der Waals surface area (Å²) >= 11 is 0. The van der Waals surface area contributed by atoms with Gasteiger partial charge < -0.3 is 18.6 Å². The zero-order chi connectivity index (χ0) is 40.5. The van der Waals surface area contributed by atoms with E-state index in [9.17, 15) is 0 Å². The number of aromatic nitrogens is 8. The molecule has 0 spiro atoms. The maximum absolute atomic E-state index is 5.50. The van der Waals surface area contributed by atoms with Gasteiger partial charge in [0.05, 0.1) is 32.8 Å². The maximum Gasteiger partial charge on any atom is 0.124 e. The number of nitrogens with zero attached hydrogens (tertiary/aromatic N) is 8. The van der Waals surface area contributed by atoms with Crippen LogP contribution in [0.2, 0.25) is 0 Å². The van der Waals surface area contributed by atoms with Crippen molar-refractivity contribution in [2.24, 2.45) is 0 Å². The standard InChI is InChI=1S/C50H42N8O2/c1-5-55-41-13-9-7-11-37(41)39-27-33(19-25-43(39)55)45-47-48(53-58(52-47)30-32-17-23-36(60-4)24-18-32)46(50-49(45)51-54-57(50)29-31-15-21-35(59-3)22-16-31)34-20-26-44-40(28-34)38-12-8-10-14-42(38)56(44)6-2/h7-28H,5-6,29-30H2,1-4H3. The van der Waals surface area contributed by atoms with Crippen LogP contribution in [0.1, 0.15) is 25.0 Å². The molecular weight excluding hydrogens is 745 g/mol. The lowest BCUT2D eigenvalue weighted by Gasteiger charge is -2.13. The van der Waals surface area contributed by atoms with Crippen LogP contribution in [0.4, 0.5) is 0 Å². The van der Waals surface area contributed by atoms with E-state index in [4.69, 9.17) is 30.0 Å². The van der Waals surface area contributed by atoms with Crippen LogP contribution >= 0.6 is 0 Å². The number of hydrogen-bond donors (Lipinski definition) is 0. The average Bonchev–Trinajstić information content (AvgIpc) is 4.06. The smallest absolute Gasteiger partial charge is 0.124 e. The van der Waals surface area contributed by atoms with E-state index in [0.29, 0.717) is 13.1 Å². The second-order valence-electron chi connectivity index (χ2n) is 15.3. The Labute approximate surface area is 345 Å². The summed E-state index contributed by atoms with van der Waals surface area (Å²) < 4.78 is 17.8. The Hall–Kier alpha value is -7.46. The van der Waals surface area contributed by atoms with E-state index in [1.807, 2.05) is 33.7 Å². The van der Waals surface area contributed by atoms with Crippen molar-refractivity contribution < 1.29 is 9.47 Å². The minimum absolute atomic E-state index is 0.478. The van der Waals surface area contributed by atoms with E-state index < -0.39 is 0 Å². The summed E-state index contributed by atoms with van der Waals surface area (Å²) in [6, 6.07) is 47.0. The Morgan fingerprint density at radius 1 is 0.483 bits per heavy atom. The lowest BCUT2D eigenvalue weighted by molar-refractivity contribution is 0.414. The van der Waals surface area contributed by atoms with Crippen LogP contribution in [0.5, 0.6) is 11.5 Å². The molecule has 4 aromatic heterocycles. The number of fused-ring (bicyclic) bond motifs is 8. The maximum atomic E-state index is 5.50. The van der Waals surface area contributed by atoms with Gasteiger partial charge in [0.1, 0.15) is 28.0 Å². The molecule has 11 aromatic rings. The van der Waals surface area contributed by atoms with Gasteiger partial charge in [0, 0.05) is 67.8 Å². The Kier molecular flexibility index (Phi) is 8.40. The average molecular weight is 787 g/mol. The van der Waals surface area contributed by atoms with E-state index in [2.05, 4.69) is 132 Å². The summed E-state index contributed by atoms with van der Waals surface area (Å²) in [7, 11) is 3.37. The number of benzene rings is 7. The largest absolute Gasteiger partial charge is 0.497 e. The fourth-order valence-corrected chi connectivity index (χ4v) is 9.26. The van der Waals surface area contributed by atoms with Crippen molar-refractivity contribution in [1.82, 2.24) is 39.1 Å². The van der Waals surface area contributed by atoms with E-state index in [0.717, 1.165) is 80.0 Å². The molecule has 10 nitrogen and oxygen atoms in total. The van der Waals surface area contributed by atoms with Crippen molar-refractivity contribution in [3.8, 4) is 33.8 Å². The van der Waals surface area contributed by atoms with Crippen LogP contribution in [0.15, 0.2) is 133 Å². The Bertz CT molecular complexity index is 3420. The second kappa shape index (κ2) is 14.1. The predicted molar refractivity (Wildman–Crippen MR) is 241 cm³/mol. The number of aryl methyl sites for hydroxylation is 2. The highest BCUT2D eigenvalue weighted by Gasteiger charge is 2.27. The zero-order valence-corrected chi connectivity index (χ0v) is 33.9. The third-order valence-corrected chi connectivity index (χ3v) is 12.1. The van der Waals surface area contributed by atoms with Crippen LogP contribution in [0, 0.1) is 0 Å². The van der Waals surface area contributed by atoms with E-state index >= 15 is 0 Å². The molecule has 0 atom stereocenters. The van der Waals surface area contributed by atoms with Crippen LogP contribution in [0.3, 0.4) is 0 Å². The quantitative estimate of drug-likeness (QED) is 0.137. The van der Waals surface area contributed by atoms with Crippen molar-refractivity contribution in [2.75, 3.05) is 14.2 Å². The van der Waals surface area contributed by atoms with E-state index in [1.165, 1.54) is 43.6 Å². The minimum atomic E-state index is 0.478. The summed E-state index contributed by atoms with van der Waals surface area (Å²) in [6.07, 6.45) is 0. The first-order valence-corrected chi connectivity index (χ1v) is 20.5. The Morgan fingerprint density at radius 3 is 1.50 bits per heavy atom. The van der Waals surface area contributed by atoms with Crippen LogP contribution < -0.4 is 9.47 Å². The van der Waals surface area contributed by atoms with Gasteiger partial charge in [0.15, 0.2) is 0 Å². The first kappa shape index (κ1) is 35.7. The Morgan fingerprint density at radius 2 is 0.967 bits per heavy atom. The van der Waals surface area contributed by atoms with Crippen LogP contribution in [-0.4, -0.2) is 53.3 Å². The van der Waals surface area contributed by atoms with Gasteiger partial charge in [-0.05, 0) is 96.8 Å². The molecule has 10 heteroatoms. The van der Waals surface area contributed by atoms with E-state index in [-0.39, 0.29) is 0 Å². The number of rotatable bonds is 10. The molecule has 0 unspecified atom stereocenters. The van der Waals surface area contributed by atoms with Crippen molar-refractivity contribution >= 4 is 65.7 Å². The third kappa shape index (κ3) is 5.55. The second-order valence-corrected chi connectivity index (χ2v) is 15.3. The normalized spacial score (nSPS) is 11.9. The fraction of sp³-hybridized carbons (Fsp3) is 0.160. The molecule has 60 heavy (non-hydrogen) atoms. The molecule has 0 amide bonds. The molecule has 0 fully saturated rings. The molecule has 0 N–H and O–H groups in total. The number of hydrogen-bond acceptors (Lipinski definition) is 6. The van der Waals surface area contributed by atoms with Crippen LogP contribution in [-0.2, 0) is 26.2 Å². The van der Waals surface area contributed by atoms with Crippen molar-refractivity contribution in [1.29, 1.82) is 0 Å². The highest BCUT2D eigenvalue weighted by Crippen LogP contribution is 2.44. The number of para-hydroxylation sites is 2. The Balaban J connectivity index is 1.22. The van der Waals surface area contributed by atoms with Gasteiger partial charge in [0.25, 0.3) is 0 Å². The lowest BCUT2D eigenvalue weighted by atomic mass is 9.93. The summed E-state index contributed by atoms with van der Waals surface area (Å²) in [4.78, 5) is 1.82. The van der Waals surface area contributed by atoms with Gasteiger partial charge in [-0.15, -0.1) is 5.10 Å². The molecule has 0 saturated carbocycles. The van der Waals surface area contributed by atoms with Gasteiger partial charge in [-0.25, -0.2) is 4.68 Å². The molecule has 0 radical (unpaired) electrons. The molecule has 7 aromatic carbocycles. The SMILES string of the molecule is CCn1c2ccccc2c2cc(-c3c4nn(Cc5ccc(OC)cc5)nc4c(-c4ccc5c(c4)c4ccccc4n5CC)c4c3nnn4Cc3ccc(OC)cc3)ccc21. The first-order valence-electron chi connectivity index (χ1n) is 20.5. The first-order chi connectivity index (χ1) is 29.5. The predicted octanol–water partition coefficient (Wildman–Crippen LogP) is 10.9. The molecule has 4 heterocycles. The molecule has 11 rings (SSSR count). The molecule has 294 valence electrons. The fourth-order valence-electron chi connectivity index (χ4n) is 9.26. The lowest BCUT2D eigenvalue weighted by Crippen LogP contribution is -2.04. The molecule has 0 aliphatic carbocycles. The van der Waals surface area contributed by atoms with Gasteiger partial charge >= 0.3 is 0 Å². The van der Waals surface area contributed by atoms with Crippen molar-refractivity contribution in [3.05, 3.63) is 145 Å². The monoisotopic (exact) mass is 786 g/mol.